The minimum absolute atomic E-state index is 0. The molecule has 5 nitrogen and oxygen atoms in total. The Hall–Kier alpha value is -2.61. The van der Waals surface area contributed by atoms with E-state index < -0.39 is 0 Å². The highest BCUT2D eigenvalue weighted by Crippen LogP contribution is 2.15. The van der Waals surface area contributed by atoms with Crippen molar-refractivity contribution in [3.8, 4) is 5.75 Å². The first-order valence-electron chi connectivity index (χ1n) is 9.85. The van der Waals surface area contributed by atoms with Crippen LogP contribution in [0.1, 0.15) is 29.7 Å². The minimum Gasteiger partial charge on any atom is -0.487 e. The highest BCUT2D eigenvalue weighted by molar-refractivity contribution is 14.0. The van der Waals surface area contributed by atoms with Crippen LogP contribution in [0.5, 0.6) is 5.75 Å². The fraction of sp³-hybridized carbons (Fsp3) is 0.250. The number of rotatable bonds is 8. The molecule has 0 radical (unpaired) electrons. The van der Waals surface area contributed by atoms with Gasteiger partial charge in [-0.25, -0.2) is 0 Å². The minimum atomic E-state index is 0. The van der Waals surface area contributed by atoms with Crippen molar-refractivity contribution in [2.75, 3.05) is 13.6 Å². The number of ether oxygens (including phenoxy) is 1. The van der Waals surface area contributed by atoms with Crippen LogP contribution in [0.3, 0.4) is 0 Å². The summed E-state index contributed by atoms with van der Waals surface area (Å²) < 4.78 is 5.86. The summed E-state index contributed by atoms with van der Waals surface area (Å²) in [6.45, 7) is 4.15. The van der Waals surface area contributed by atoms with Gasteiger partial charge in [-0.2, -0.15) is 0 Å². The standard InChI is InChI=1S/C24H28N4O.HI/c1-19(21-10-4-3-5-11-21)16-27-24(25-2)28-17-20-9-8-13-23(15-20)29-18-22-12-6-7-14-26-22;/h3-15,19H,16-18H2,1-2H3,(H2,25,27,28);1H. The maximum absolute atomic E-state index is 5.86. The first-order valence-corrected chi connectivity index (χ1v) is 9.85. The molecule has 0 saturated carbocycles. The number of aromatic nitrogens is 1. The van der Waals surface area contributed by atoms with Crippen molar-refractivity contribution in [2.45, 2.75) is 26.0 Å². The van der Waals surface area contributed by atoms with Crippen LogP contribution in [0.25, 0.3) is 0 Å². The Balaban J connectivity index is 0.00000320. The zero-order chi connectivity index (χ0) is 20.3. The maximum atomic E-state index is 5.86. The quantitative estimate of drug-likeness (QED) is 0.258. The molecule has 0 saturated heterocycles. The molecule has 30 heavy (non-hydrogen) atoms. The Bertz CT molecular complexity index is 903. The smallest absolute Gasteiger partial charge is 0.191 e. The van der Waals surface area contributed by atoms with Gasteiger partial charge in [0.05, 0.1) is 5.69 Å². The highest BCUT2D eigenvalue weighted by Gasteiger charge is 2.06. The van der Waals surface area contributed by atoms with Gasteiger partial charge in [-0.05, 0) is 41.3 Å². The summed E-state index contributed by atoms with van der Waals surface area (Å²) >= 11 is 0. The van der Waals surface area contributed by atoms with E-state index in [-0.39, 0.29) is 24.0 Å². The molecule has 1 aromatic heterocycles. The topological polar surface area (TPSA) is 58.5 Å². The summed E-state index contributed by atoms with van der Waals surface area (Å²) in [5, 5.41) is 6.76. The Morgan fingerprint density at radius 1 is 1.00 bits per heavy atom. The van der Waals surface area contributed by atoms with Gasteiger partial charge in [-0.15, -0.1) is 24.0 Å². The van der Waals surface area contributed by atoms with Crippen LogP contribution in [-0.4, -0.2) is 24.5 Å². The van der Waals surface area contributed by atoms with Crippen LogP contribution in [-0.2, 0) is 13.2 Å². The van der Waals surface area contributed by atoms with Gasteiger partial charge in [0.2, 0.25) is 0 Å². The molecule has 0 aliphatic carbocycles. The van der Waals surface area contributed by atoms with Gasteiger partial charge in [0.1, 0.15) is 12.4 Å². The molecular weight excluding hydrogens is 487 g/mol. The number of nitrogens with zero attached hydrogens (tertiary/aromatic N) is 2. The Morgan fingerprint density at radius 3 is 2.53 bits per heavy atom. The van der Waals surface area contributed by atoms with Crippen molar-refractivity contribution in [3.05, 3.63) is 95.8 Å². The van der Waals surface area contributed by atoms with E-state index in [2.05, 4.69) is 57.9 Å². The van der Waals surface area contributed by atoms with Crippen molar-refractivity contribution in [1.29, 1.82) is 0 Å². The van der Waals surface area contributed by atoms with E-state index in [0.29, 0.717) is 19.1 Å². The van der Waals surface area contributed by atoms with Crippen LogP contribution in [0.15, 0.2) is 84.0 Å². The third kappa shape index (κ3) is 7.67. The molecule has 1 atom stereocenters. The molecule has 0 aliphatic heterocycles. The number of halogens is 1. The van der Waals surface area contributed by atoms with Crippen LogP contribution < -0.4 is 15.4 Å². The SMILES string of the molecule is CN=C(NCc1cccc(OCc2ccccn2)c1)NCC(C)c1ccccc1.I. The number of benzene rings is 2. The average molecular weight is 516 g/mol. The Labute approximate surface area is 196 Å². The van der Waals surface area contributed by atoms with E-state index in [4.69, 9.17) is 4.74 Å². The molecule has 0 bridgehead atoms. The first-order chi connectivity index (χ1) is 14.2. The predicted molar refractivity (Wildman–Crippen MR) is 133 cm³/mol. The monoisotopic (exact) mass is 516 g/mol. The van der Waals surface area contributed by atoms with Gasteiger partial charge in [0.25, 0.3) is 0 Å². The normalized spacial score (nSPS) is 11.9. The molecule has 158 valence electrons. The van der Waals surface area contributed by atoms with E-state index in [1.807, 2.05) is 42.5 Å². The zero-order valence-corrected chi connectivity index (χ0v) is 19.7. The Kier molecular flexibility index (Phi) is 10.1. The molecule has 2 aromatic carbocycles. The maximum Gasteiger partial charge on any atom is 0.191 e. The fourth-order valence-corrected chi connectivity index (χ4v) is 2.94. The van der Waals surface area contributed by atoms with Crippen LogP contribution in [0.2, 0.25) is 0 Å². The zero-order valence-electron chi connectivity index (χ0n) is 17.4. The molecule has 0 fully saturated rings. The molecule has 3 aromatic rings. The third-order valence-corrected chi connectivity index (χ3v) is 4.64. The highest BCUT2D eigenvalue weighted by atomic mass is 127. The summed E-state index contributed by atoms with van der Waals surface area (Å²) in [5.74, 6) is 2.02. The lowest BCUT2D eigenvalue weighted by Crippen LogP contribution is -2.38. The summed E-state index contributed by atoms with van der Waals surface area (Å²) in [6.07, 6.45) is 1.77. The third-order valence-electron chi connectivity index (χ3n) is 4.64. The number of hydrogen-bond donors (Lipinski definition) is 2. The second kappa shape index (κ2) is 12.8. The van der Waals surface area contributed by atoms with Gasteiger partial charge in [0, 0.05) is 26.3 Å². The molecule has 3 rings (SSSR count). The van der Waals surface area contributed by atoms with Crippen molar-refractivity contribution in [3.63, 3.8) is 0 Å². The molecule has 2 N–H and O–H groups in total. The fourth-order valence-electron chi connectivity index (χ4n) is 2.94. The van der Waals surface area contributed by atoms with Gasteiger partial charge in [-0.1, -0.05) is 55.5 Å². The summed E-state index contributed by atoms with van der Waals surface area (Å²) in [5.41, 5.74) is 3.35. The number of nitrogens with one attached hydrogen (secondary N) is 2. The van der Waals surface area contributed by atoms with Crippen LogP contribution in [0, 0.1) is 0 Å². The molecular formula is C24H29IN4O. The lowest BCUT2D eigenvalue weighted by atomic mass is 10.0. The van der Waals surface area contributed by atoms with Crippen molar-refractivity contribution >= 4 is 29.9 Å². The predicted octanol–water partition coefficient (Wildman–Crippen LogP) is 4.75. The van der Waals surface area contributed by atoms with Crippen molar-refractivity contribution < 1.29 is 4.74 Å². The van der Waals surface area contributed by atoms with Crippen molar-refractivity contribution in [1.82, 2.24) is 15.6 Å². The molecule has 0 amide bonds. The number of guanidine groups is 1. The van der Waals surface area contributed by atoms with Gasteiger partial charge >= 0.3 is 0 Å². The molecule has 1 unspecified atom stereocenters. The first kappa shape index (κ1) is 23.7. The van der Waals surface area contributed by atoms with E-state index in [9.17, 15) is 0 Å². The van der Waals surface area contributed by atoms with Crippen LogP contribution >= 0.6 is 24.0 Å². The summed E-state index contributed by atoms with van der Waals surface area (Å²) in [4.78, 5) is 8.60. The van der Waals surface area contributed by atoms with E-state index in [0.717, 1.165) is 29.5 Å². The summed E-state index contributed by atoms with van der Waals surface area (Å²) in [7, 11) is 1.79. The van der Waals surface area contributed by atoms with E-state index in [1.165, 1.54) is 5.56 Å². The number of aliphatic imine (C=N–C) groups is 1. The number of hydrogen-bond acceptors (Lipinski definition) is 3. The second-order valence-electron chi connectivity index (χ2n) is 6.88. The molecule has 1 heterocycles. The number of pyridine rings is 1. The van der Waals surface area contributed by atoms with Gasteiger partial charge in [0.15, 0.2) is 5.96 Å². The summed E-state index contributed by atoms with van der Waals surface area (Å²) in [6, 6.07) is 24.4. The van der Waals surface area contributed by atoms with Gasteiger partial charge in [-0.3, -0.25) is 9.98 Å². The van der Waals surface area contributed by atoms with E-state index >= 15 is 0 Å². The van der Waals surface area contributed by atoms with Crippen LogP contribution in [0.4, 0.5) is 0 Å². The average Bonchev–Trinajstić information content (AvgIpc) is 2.79. The largest absolute Gasteiger partial charge is 0.487 e. The lowest BCUT2D eigenvalue weighted by Gasteiger charge is -2.16. The van der Waals surface area contributed by atoms with E-state index in [1.54, 1.807) is 13.2 Å². The second-order valence-corrected chi connectivity index (χ2v) is 6.88. The van der Waals surface area contributed by atoms with Gasteiger partial charge < -0.3 is 15.4 Å². The molecule has 6 heteroatoms. The Morgan fingerprint density at radius 2 is 1.80 bits per heavy atom. The van der Waals surface area contributed by atoms with Crippen molar-refractivity contribution in [2.24, 2.45) is 4.99 Å². The lowest BCUT2D eigenvalue weighted by molar-refractivity contribution is 0.301. The molecule has 0 aliphatic rings. The molecule has 0 spiro atoms.